The fourth-order valence-electron chi connectivity index (χ4n) is 1.30. The van der Waals surface area contributed by atoms with Gasteiger partial charge in [-0.25, -0.2) is 0 Å². The third kappa shape index (κ3) is 3.84. The Bertz CT molecular complexity index is 331. The molecule has 1 rings (SSSR count). The van der Waals surface area contributed by atoms with E-state index in [4.69, 9.17) is 11.6 Å². The molecule has 0 spiro atoms. The van der Waals surface area contributed by atoms with Crippen molar-refractivity contribution in [2.75, 3.05) is 5.88 Å². The molecule has 0 radical (unpaired) electrons. The van der Waals surface area contributed by atoms with Crippen molar-refractivity contribution in [2.45, 2.75) is 39.8 Å². The number of halogens is 1. The molecule has 0 aliphatic carbocycles. The Morgan fingerprint density at radius 3 is 2.40 bits per heavy atom. The Kier molecular flexibility index (Phi) is 4.18. The summed E-state index contributed by atoms with van der Waals surface area (Å²) in [6.07, 6.45) is 0. The normalized spacial score (nSPS) is 11.8. The summed E-state index contributed by atoms with van der Waals surface area (Å²) >= 11 is 5.85. The molecule has 0 amide bonds. The van der Waals surface area contributed by atoms with Gasteiger partial charge in [0.2, 0.25) is 0 Å². The van der Waals surface area contributed by atoms with Crippen LogP contribution in [0.4, 0.5) is 0 Å². The van der Waals surface area contributed by atoms with Crippen molar-refractivity contribution in [1.29, 1.82) is 0 Å². The van der Waals surface area contributed by atoms with Crippen LogP contribution in [-0.4, -0.2) is 11.4 Å². The van der Waals surface area contributed by atoms with Crippen LogP contribution in [0.2, 0.25) is 0 Å². The summed E-state index contributed by atoms with van der Waals surface area (Å²) in [5, 5.41) is 3.44. The summed E-state index contributed by atoms with van der Waals surface area (Å²) in [6, 6.07) is 6.56. The van der Waals surface area contributed by atoms with Crippen LogP contribution in [0.3, 0.4) is 0 Å². The first-order valence-electron chi connectivity index (χ1n) is 5.32. The minimum atomic E-state index is 0.000344. The Balaban J connectivity index is 2.62. The third-order valence-corrected chi connectivity index (χ3v) is 3.34. The Hall–Kier alpha value is -0.530. The van der Waals surface area contributed by atoms with Crippen molar-refractivity contribution >= 4 is 11.6 Å². The lowest BCUT2D eigenvalue weighted by atomic mass is 10.0. The number of aryl methyl sites for hydroxylation is 2. The second kappa shape index (κ2) is 5.00. The van der Waals surface area contributed by atoms with Crippen molar-refractivity contribution < 1.29 is 0 Å². The first-order chi connectivity index (χ1) is 6.94. The predicted molar refractivity (Wildman–Crippen MR) is 67.6 cm³/mol. The van der Waals surface area contributed by atoms with E-state index in [1.54, 1.807) is 0 Å². The topological polar surface area (TPSA) is 12.0 Å². The van der Waals surface area contributed by atoms with Crippen molar-refractivity contribution in [1.82, 2.24) is 5.32 Å². The smallest absolute Gasteiger partial charge is 0.0400 e. The van der Waals surface area contributed by atoms with E-state index in [0.29, 0.717) is 5.88 Å². The van der Waals surface area contributed by atoms with Gasteiger partial charge in [-0.2, -0.15) is 0 Å². The van der Waals surface area contributed by atoms with Gasteiger partial charge in [0.05, 0.1) is 0 Å². The van der Waals surface area contributed by atoms with Crippen molar-refractivity contribution in [3.63, 3.8) is 0 Å². The van der Waals surface area contributed by atoms with E-state index >= 15 is 0 Å². The molecule has 84 valence electrons. The van der Waals surface area contributed by atoms with E-state index in [2.05, 4.69) is 51.2 Å². The van der Waals surface area contributed by atoms with E-state index in [0.717, 1.165) is 6.54 Å². The molecule has 1 N–H and O–H groups in total. The molecule has 0 aliphatic rings. The van der Waals surface area contributed by atoms with E-state index in [1.807, 2.05) is 0 Å². The Labute approximate surface area is 97.8 Å². The van der Waals surface area contributed by atoms with E-state index in [-0.39, 0.29) is 5.54 Å². The summed E-state index contributed by atoms with van der Waals surface area (Å²) in [6.45, 7) is 9.38. The Morgan fingerprint density at radius 1 is 1.20 bits per heavy atom. The molecule has 0 fully saturated rings. The molecule has 0 heterocycles. The lowest BCUT2D eigenvalue weighted by Crippen LogP contribution is -2.40. The van der Waals surface area contributed by atoms with Crippen molar-refractivity contribution in [2.24, 2.45) is 0 Å². The second-order valence-corrected chi connectivity index (χ2v) is 5.06. The van der Waals surface area contributed by atoms with Gasteiger partial charge in [0, 0.05) is 18.0 Å². The summed E-state index contributed by atoms with van der Waals surface area (Å²) in [7, 11) is 0. The molecular weight excluding hydrogens is 206 g/mol. The lowest BCUT2D eigenvalue weighted by Gasteiger charge is -2.23. The first kappa shape index (κ1) is 12.5. The van der Waals surface area contributed by atoms with Crippen LogP contribution in [0.25, 0.3) is 0 Å². The van der Waals surface area contributed by atoms with Gasteiger partial charge in [0.15, 0.2) is 0 Å². The fourth-order valence-corrected chi connectivity index (χ4v) is 1.40. The maximum absolute atomic E-state index is 5.85. The highest BCUT2D eigenvalue weighted by atomic mass is 35.5. The second-order valence-electron chi connectivity index (χ2n) is 4.79. The van der Waals surface area contributed by atoms with Gasteiger partial charge in [-0.1, -0.05) is 18.2 Å². The largest absolute Gasteiger partial charge is 0.307 e. The number of alkyl halides is 1. The maximum atomic E-state index is 5.85. The minimum absolute atomic E-state index is 0.000344. The van der Waals surface area contributed by atoms with Crippen LogP contribution in [-0.2, 0) is 6.54 Å². The van der Waals surface area contributed by atoms with Crippen LogP contribution < -0.4 is 5.32 Å². The standard InChI is InChI=1S/C13H20ClN/c1-10-5-6-12(7-11(10)2)8-15-13(3,4)9-14/h5-7,15H,8-9H2,1-4H3. The molecule has 0 aliphatic heterocycles. The maximum Gasteiger partial charge on any atom is 0.0400 e. The number of nitrogens with one attached hydrogen (secondary N) is 1. The summed E-state index contributed by atoms with van der Waals surface area (Å²) < 4.78 is 0. The van der Waals surface area contributed by atoms with Gasteiger partial charge in [-0.3, -0.25) is 0 Å². The molecule has 2 heteroatoms. The van der Waals surface area contributed by atoms with E-state index in [9.17, 15) is 0 Å². The molecule has 1 aromatic rings. The van der Waals surface area contributed by atoms with Crippen LogP contribution in [0.15, 0.2) is 18.2 Å². The number of benzene rings is 1. The summed E-state index contributed by atoms with van der Waals surface area (Å²) in [4.78, 5) is 0. The molecule has 1 nitrogen and oxygen atoms in total. The van der Waals surface area contributed by atoms with Crippen molar-refractivity contribution in [3.05, 3.63) is 34.9 Å². The molecule has 0 aromatic heterocycles. The highest BCUT2D eigenvalue weighted by Gasteiger charge is 2.14. The quantitative estimate of drug-likeness (QED) is 0.775. The SMILES string of the molecule is Cc1ccc(CNC(C)(C)CCl)cc1C. The molecule has 0 saturated carbocycles. The predicted octanol–water partition coefficient (Wildman–Crippen LogP) is 3.41. The number of hydrogen-bond donors (Lipinski definition) is 1. The molecule has 15 heavy (non-hydrogen) atoms. The van der Waals surface area contributed by atoms with Crippen LogP contribution in [0.1, 0.15) is 30.5 Å². The van der Waals surface area contributed by atoms with Gasteiger partial charge in [0.1, 0.15) is 0 Å². The van der Waals surface area contributed by atoms with Crippen LogP contribution in [0, 0.1) is 13.8 Å². The van der Waals surface area contributed by atoms with Gasteiger partial charge >= 0.3 is 0 Å². The van der Waals surface area contributed by atoms with Crippen molar-refractivity contribution in [3.8, 4) is 0 Å². The highest BCUT2D eigenvalue weighted by molar-refractivity contribution is 6.18. The average molecular weight is 226 g/mol. The van der Waals surface area contributed by atoms with Gasteiger partial charge in [0.25, 0.3) is 0 Å². The highest BCUT2D eigenvalue weighted by Crippen LogP contribution is 2.11. The van der Waals surface area contributed by atoms with E-state index < -0.39 is 0 Å². The molecule has 1 aromatic carbocycles. The fraction of sp³-hybridized carbons (Fsp3) is 0.538. The monoisotopic (exact) mass is 225 g/mol. The lowest BCUT2D eigenvalue weighted by molar-refractivity contribution is 0.429. The molecular formula is C13H20ClN. The molecule has 0 saturated heterocycles. The van der Waals surface area contributed by atoms with Gasteiger partial charge in [-0.05, 0) is 44.4 Å². The summed E-state index contributed by atoms with van der Waals surface area (Å²) in [5.41, 5.74) is 4.00. The number of rotatable bonds is 4. The molecule has 0 unspecified atom stereocenters. The van der Waals surface area contributed by atoms with Gasteiger partial charge in [-0.15, -0.1) is 11.6 Å². The van der Waals surface area contributed by atoms with Crippen LogP contribution in [0.5, 0.6) is 0 Å². The zero-order valence-corrected chi connectivity index (χ0v) is 10.8. The van der Waals surface area contributed by atoms with Crippen LogP contribution >= 0.6 is 11.6 Å². The zero-order valence-electron chi connectivity index (χ0n) is 10.0. The van der Waals surface area contributed by atoms with E-state index in [1.165, 1.54) is 16.7 Å². The first-order valence-corrected chi connectivity index (χ1v) is 5.85. The Morgan fingerprint density at radius 2 is 1.87 bits per heavy atom. The third-order valence-electron chi connectivity index (χ3n) is 2.68. The average Bonchev–Trinajstić information content (AvgIpc) is 2.20. The minimum Gasteiger partial charge on any atom is -0.307 e. The summed E-state index contributed by atoms with van der Waals surface area (Å²) in [5.74, 6) is 0.623. The molecule has 0 bridgehead atoms. The number of hydrogen-bond acceptors (Lipinski definition) is 1. The zero-order chi connectivity index (χ0) is 11.5. The van der Waals surface area contributed by atoms with Gasteiger partial charge < -0.3 is 5.32 Å². The molecule has 0 atom stereocenters.